The van der Waals surface area contributed by atoms with Gasteiger partial charge in [0.05, 0.1) is 0 Å². The van der Waals surface area contributed by atoms with Crippen LogP contribution >= 0.6 is 24.0 Å². The summed E-state index contributed by atoms with van der Waals surface area (Å²) in [4.78, 5) is 14.1. The normalized spacial score (nSPS) is 11.6. The Morgan fingerprint density at radius 1 is 1.38 bits per heavy atom. The second kappa shape index (κ2) is 8.05. The molecule has 6 heteroatoms. The minimum atomic E-state index is -0.574. The zero-order chi connectivity index (χ0) is 14.5. The number of rotatable bonds is 5. The van der Waals surface area contributed by atoms with Crippen molar-refractivity contribution in [3.05, 3.63) is 48.3 Å². The minimum absolute atomic E-state index is 0. The third kappa shape index (κ3) is 4.22. The number of benzene rings is 1. The molecule has 2 aromatic rings. The van der Waals surface area contributed by atoms with Crippen molar-refractivity contribution in [2.24, 2.45) is 0 Å². The van der Waals surface area contributed by atoms with E-state index in [0.29, 0.717) is 6.67 Å². The molecule has 4 nitrogen and oxygen atoms in total. The van der Waals surface area contributed by atoms with E-state index in [2.05, 4.69) is 12.0 Å². The first-order chi connectivity index (χ1) is 9.63. The van der Waals surface area contributed by atoms with E-state index in [9.17, 15) is 4.79 Å². The minimum Gasteiger partial charge on any atom is -0.291 e. The van der Waals surface area contributed by atoms with Crippen LogP contribution in [0.15, 0.2) is 42.7 Å². The summed E-state index contributed by atoms with van der Waals surface area (Å²) in [5, 5.41) is 3.58. The maximum absolute atomic E-state index is 12.4. The molecular formula is C15H19Cl2N3O. The highest BCUT2D eigenvalue weighted by molar-refractivity contribution is 6.32. The van der Waals surface area contributed by atoms with E-state index in [1.54, 1.807) is 22.7 Å². The molecule has 0 saturated carbocycles. The van der Waals surface area contributed by atoms with Gasteiger partial charge < -0.3 is 0 Å². The number of carbonyl (C=O) groups is 1. The molecule has 1 amide bonds. The van der Waals surface area contributed by atoms with Crippen molar-refractivity contribution < 1.29 is 4.79 Å². The Morgan fingerprint density at radius 2 is 2.10 bits per heavy atom. The van der Waals surface area contributed by atoms with Crippen molar-refractivity contribution in [1.82, 2.24) is 9.78 Å². The van der Waals surface area contributed by atoms with Crippen molar-refractivity contribution in [2.45, 2.75) is 32.3 Å². The SMILES string of the molecule is CCc1ccccc1N(Cn1cccn1)C(=O)C(C)Cl.Cl. The standard InChI is InChI=1S/C15H18ClN3O.ClH/c1-3-13-7-4-5-8-14(13)19(15(20)12(2)16)11-18-10-6-9-17-18;/h4-10,12H,3,11H2,1-2H3;1H. The fourth-order valence-corrected chi connectivity index (χ4v) is 2.20. The lowest BCUT2D eigenvalue weighted by Gasteiger charge is -2.26. The molecule has 0 radical (unpaired) electrons. The zero-order valence-electron chi connectivity index (χ0n) is 12.1. The van der Waals surface area contributed by atoms with Crippen LogP contribution < -0.4 is 4.90 Å². The van der Waals surface area contributed by atoms with Gasteiger partial charge in [-0.05, 0) is 31.0 Å². The molecule has 21 heavy (non-hydrogen) atoms. The van der Waals surface area contributed by atoms with Gasteiger partial charge in [0.2, 0.25) is 5.91 Å². The van der Waals surface area contributed by atoms with Crippen molar-refractivity contribution >= 4 is 35.6 Å². The molecule has 1 atom stereocenters. The number of hydrogen-bond acceptors (Lipinski definition) is 2. The first kappa shape index (κ1) is 17.5. The summed E-state index contributed by atoms with van der Waals surface area (Å²) in [6, 6.07) is 9.70. The number of aromatic nitrogens is 2. The summed E-state index contributed by atoms with van der Waals surface area (Å²) in [6.07, 6.45) is 4.38. The first-order valence-electron chi connectivity index (χ1n) is 6.64. The largest absolute Gasteiger partial charge is 0.291 e. The number of halogens is 2. The highest BCUT2D eigenvalue weighted by atomic mass is 35.5. The lowest BCUT2D eigenvalue weighted by Crippen LogP contribution is -2.38. The Bertz CT molecular complexity index is 570. The molecule has 1 unspecified atom stereocenters. The Balaban J connectivity index is 0.00000220. The summed E-state index contributed by atoms with van der Waals surface area (Å²) in [6.45, 7) is 4.12. The molecule has 0 N–H and O–H groups in total. The highest BCUT2D eigenvalue weighted by Crippen LogP contribution is 2.23. The van der Waals surface area contributed by atoms with Gasteiger partial charge in [-0.1, -0.05) is 25.1 Å². The van der Waals surface area contributed by atoms with Crippen LogP contribution in [-0.4, -0.2) is 21.1 Å². The predicted molar refractivity (Wildman–Crippen MR) is 88.1 cm³/mol. The lowest BCUT2D eigenvalue weighted by atomic mass is 10.1. The van der Waals surface area contributed by atoms with Crippen LogP contribution in [0.1, 0.15) is 19.4 Å². The van der Waals surface area contributed by atoms with Crippen LogP contribution in [0.5, 0.6) is 0 Å². The number of aryl methyl sites for hydroxylation is 1. The second-order valence-electron chi connectivity index (χ2n) is 4.55. The Hall–Kier alpha value is -1.52. The van der Waals surface area contributed by atoms with E-state index in [0.717, 1.165) is 17.7 Å². The van der Waals surface area contributed by atoms with Gasteiger partial charge in [0.1, 0.15) is 12.0 Å². The van der Waals surface area contributed by atoms with Gasteiger partial charge in [0, 0.05) is 18.1 Å². The third-order valence-corrected chi connectivity index (χ3v) is 3.30. The summed E-state index contributed by atoms with van der Waals surface area (Å²) in [7, 11) is 0. The van der Waals surface area contributed by atoms with Crippen LogP contribution in [-0.2, 0) is 17.9 Å². The zero-order valence-corrected chi connectivity index (χ0v) is 13.6. The fourth-order valence-electron chi connectivity index (χ4n) is 2.08. The smallest absolute Gasteiger partial charge is 0.246 e. The van der Waals surface area contributed by atoms with Gasteiger partial charge in [0.25, 0.3) is 0 Å². The van der Waals surface area contributed by atoms with E-state index in [1.807, 2.05) is 36.5 Å². The monoisotopic (exact) mass is 327 g/mol. The highest BCUT2D eigenvalue weighted by Gasteiger charge is 2.22. The first-order valence-corrected chi connectivity index (χ1v) is 7.08. The number of para-hydroxylation sites is 1. The van der Waals surface area contributed by atoms with Crippen molar-refractivity contribution in [3.63, 3.8) is 0 Å². The van der Waals surface area contributed by atoms with Crippen LogP contribution in [0.25, 0.3) is 0 Å². The van der Waals surface area contributed by atoms with Gasteiger partial charge in [-0.15, -0.1) is 24.0 Å². The molecule has 0 bridgehead atoms. The lowest BCUT2D eigenvalue weighted by molar-refractivity contribution is -0.118. The Morgan fingerprint density at radius 3 is 2.67 bits per heavy atom. The molecule has 0 aliphatic carbocycles. The van der Waals surface area contributed by atoms with E-state index in [1.165, 1.54) is 0 Å². The molecule has 1 aromatic heterocycles. The van der Waals surface area contributed by atoms with Crippen molar-refractivity contribution in [1.29, 1.82) is 0 Å². The Kier molecular flexibility index (Phi) is 6.72. The summed E-state index contributed by atoms with van der Waals surface area (Å²) < 4.78 is 1.71. The quantitative estimate of drug-likeness (QED) is 0.788. The molecular weight excluding hydrogens is 309 g/mol. The van der Waals surface area contributed by atoms with E-state index >= 15 is 0 Å². The number of anilines is 1. The van der Waals surface area contributed by atoms with Crippen LogP contribution in [0.2, 0.25) is 0 Å². The van der Waals surface area contributed by atoms with E-state index in [4.69, 9.17) is 11.6 Å². The maximum atomic E-state index is 12.4. The summed E-state index contributed by atoms with van der Waals surface area (Å²) in [5.41, 5.74) is 2.01. The molecule has 0 saturated heterocycles. The molecule has 2 rings (SSSR count). The Labute approximate surface area is 136 Å². The predicted octanol–water partition coefficient (Wildman–Crippen LogP) is 3.49. The topological polar surface area (TPSA) is 38.1 Å². The van der Waals surface area contributed by atoms with Crippen molar-refractivity contribution in [2.75, 3.05) is 4.90 Å². The summed E-state index contributed by atoms with van der Waals surface area (Å²) >= 11 is 5.99. The second-order valence-corrected chi connectivity index (χ2v) is 5.21. The number of carbonyl (C=O) groups excluding carboxylic acids is 1. The molecule has 0 aliphatic rings. The van der Waals surface area contributed by atoms with Gasteiger partial charge in [-0.3, -0.25) is 14.4 Å². The maximum Gasteiger partial charge on any atom is 0.246 e. The van der Waals surface area contributed by atoms with Gasteiger partial charge in [-0.2, -0.15) is 5.10 Å². The van der Waals surface area contributed by atoms with Gasteiger partial charge in [0.15, 0.2) is 0 Å². The fraction of sp³-hybridized carbons (Fsp3) is 0.333. The third-order valence-electron chi connectivity index (χ3n) is 3.12. The van der Waals surface area contributed by atoms with Gasteiger partial charge in [-0.25, -0.2) is 0 Å². The number of hydrogen-bond donors (Lipinski definition) is 0. The average Bonchev–Trinajstić information content (AvgIpc) is 2.97. The van der Waals surface area contributed by atoms with Crippen LogP contribution in [0.4, 0.5) is 5.69 Å². The molecule has 1 aromatic carbocycles. The van der Waals surface area contributed by atoms with Crippen LogP contribution in [0.3, 0.4) is 0 Å². The number of alkyl halides is 1. The average molecular weight is 328 g/mol. The molecule has 0 spiro atoms. The van der Waals surface area contributed by atoms with Crippen molar-refractivity contribution in [3.8, 4) is 0 Å². The summed E-state index contributed by atoms with van der Waals surface area (Å²) in [5.74, 6) is -0.122. The van der Waals surface area contributed by atoms with Crippen LogP contribution in [0, 0.1) is 0 Å². The number of amides is 1. The van der Waals surface area contributed by atoms with E-state index in [-0.39, 0.29) is 18.3 Å². The molecule has 1 heterocycles. The molecule has 0 aliphatic heterocycles. The molecule has 114 valence electrons. The van der Waals surface area contributed by atoms with E-state index < -0.39 is 5.38 Å². The number of nitrogens with zero attached hydrogens (tertiary/aromatic N) is 3. The molecule has 0 fully saturated rings. The van der Waals surface area contributed by atoms with Gasteiger partial charge >= 0.3 is 0 Å².